The van der Waals surface area contributed by atoms with Crippen molar-refractivity contribution in [3.05, 3.63) is 48.3 Å². The smallest absolute Gasteiger partial charge is 0.274 e. The lowest BCUT2D eigenvalue weighted by Crippen LogP contribution is -2.24. The Morgan fingerprint density at radius 3 is 2.04 bits per heavy atom. The van der Waals surface area contributed by atoms with Crippen molar-refractivity contribution in [2.24, 2.45) is 0 Å². The topological polar surface area (TPSA) is 48.5 Å². The van der Waals surface area contributed by atoms with E-state index in [0.29, 0.717) is 5.69 Å². The zero-order valence-electron chi connectivity index (χ0n) is 15.9. The minimum absolute atomic E-state index is 0.152. The molecule has 2 saturated heterocycles. The second kappa shape index (κ2) is 8.42. The van der Waals surface area contributed by atoms with E-state index in [1.165, 1.54) is 44.2 Å². The fraction of sp³-hybridized carbons (Fsp3) is 0.455. The van der Waals surface area contributed by atoms with Gasteiger partial charge in [0.1, 0.15) is 5.69 Å². The number of pyridine rings is 1. The number of carbonyl (C=O) groups is 1. The summed E-state index contributed by atoms with van der Waals surface area (Å²) >= 11 is 0. The standard InChI is InChI=1S/C22H28N4O/c27-22(24-18-7-9-19(10-8-18)25-15-5-6-16-25)21-17-20(11-12-23-21)26-13-3-1-2-4-14-26/h7-12,17H,1-6,13-16H2,(H,24,27). The van der Waals surface area contributed by atoms with Gasteiger partial charge in [0.25, 0.3) is 5.91 Å². The molecule has 4 rings (SSSR count). The number of anilines is 3. The van der Waals surface area contributed by atoms with Gasteiger partial charge in [-0.1, -0.05) is 12.8 Å². The first-order valence-electron chi connectivity index (χ1n) is 10.2. The van der Waals surface area contributed by atoms with E-state index in [9.17, 15) is 4.79 Å². The lowest BCUT2D eigenvalue weighted by molar-refractivity contribution is 0.102. The number of aromatic nitrogens is 1. The summed E-state index contributed by atoms with van der Waals surface area (Å²) in [5.41, 5.74) is 3.61. The van der Waals surface area contributed by atoms with Crippen molar-refractivity contribution >= 4 is 23.0 Å². The predicted octanol–water partition coefficient (Wildman–Crippen LogP) is 4.31. The van der Waals surface area contributed by atoms with Crippen LogP contribution in [0.25, 0.3) is 0 Å². The number of hydrogen-bond acceptors (Lipinski definition) is 4. The number of nitrogens with one attached hydrogen (secondary N) is 1. The molecule has 0 atom stereocenters. The van der Waals surface area contributed by atoms with Crippen molar-refractivity contribution in [1.29, 1.82) is 0 Å². The van der Waals surface area contributed by atoms with Crippen molar-refractivity contribution in [2.75, 3.05) is 41.3 Å². The molecule has 1 aromatic heterocycles. The molecule has 0 bridgehead atoms. The van der Waals surface area contributed by atoms with Gasteiger partial charge in [-0.3, -0.25) is 9.78 Å². The maximum absolute atomic E-state index is 12.7. The molecule has 1 aromatic carbocycles. The molecule has 0 unspecified atom stereocenters. The Balaban J connectivity index is 1.42. The van der Waals surface area contributed by atoms with E-state index >= 15 is 0 Å². The zero-order valence-corrected chi connectivity index (χ0v) is 15.9. The van der Waals surface area contributed by atoms with Crippen LogP contribution in [0.5, 0.6) is 0 Å². The molecule has 5 nitrogen and oxygen atoms in total. The third kappa shape index (κ3) is 4.41. The van der Waals surface area contributed by atoms with Crippen LogP contribution in [0.4, 0.5) is 17.1 Å². The molecule has 0 aliphatic carbocycles. The maximum atomic E-state index is 12.7. The van der Waals surface area contributed by atoms with Crippen LogP contribution in [-0.2, 0) is 0 Å². The molecule has 1 amide bonds. The maximum Gasteiger partial charge on any atom is 0.274 e. The molecule has 27 heavy (non-hydrogen) atoms. The third-order valence-electron chi connectivity index (χ3n) is 5.54. The van der Waals surface area contributed by atoms with Crippen molar-refractivity contribution in [1.82, 2.24) is 4.98 Å². The van der Waals surface area contributed by atoms with Crippen LogP contribution in [0.1, 0.15) is 49.0 Å². The van der Waals surface area contributed by atoms with Crippen LogP contribution in [0.2, 0.25) is 0 Å². The first-order chi connectivity index (χ1) is 13.3. The molecule has 0 saturated carbocycles. The highest BCUT2D eigenvalue weighted by molar-refractivity contribution is 6.03. The lowest BCUT2D eigenvalue weighted by Gasteiger charge is -2.22. The summed E-state index contributed by atoms with van der Waals surface area (Å²) in [6, 6.07) is 12.0. The Morgan fingerprint density at radius 2 is 1.37 bits per heavy atom. The fourth-order valence-corrected chi connectivity index (χ4v) is 4.00. The van der Waals surface area contributed by atoms with Gasteiger partial charge < -0.3 is 15.1 Å². The van der Waals surface area contributed by atoms with E-state index in [1.807, 2.05) is 24.3 Å². The van der Waals surface area contributed by atoms with E-state index in [-0.39, 0.29) is 5.91 Å². The minimum atomic E-state index is -0.152. The van der Waals surface area contributed by atoms with Crippen LogP contribution < -0.4 is 15.1 Å². The van der Waals surface area contributed by atoms with Gasteiger partial charge in [-0.25, -0.2) is 0 Å². The molecule has 0 radical (unpaired) electrons. The molecule has 2 aromatic rings. The van der Waals surface area contributed by atoms with E-state index in [2.05, 4.69) is 32.2 Å². The predicted molar refractivity (Wildman–Crippen MR) is 111 cm³/mol. The van der Waals surface area contributed by atoms with Crippen LogP contribution in [0, 0.1) is 0 Å². The summed E-state index contributed by atoms with van der Waals surface area (Å²) in [6.45, 7) is 4.36. The minimum Gasteiger partial charge on any atom is -0.372 e. The molecule has 1 N–H and O–H groups in total. The van der Waals surface area contributed by atoms with Gasteiger partial charge in [0, 0.05) is 49.4 Å². The average molecular weight is 364 g/mol. The van der Waals surface area contributed by atoms with Crippen molar-refractivity contribution < 1.29 is 4.79 Å². The first kappa shape index (κ1) is 17.8. The van der Waals surface area contributed by atoms with Gasteiger partial charge in [-0.15, -0.1) is 0 Å². The van der Waals surface area contributed by atoms with E-state index in [0.717, 1.165) is 37.6 Å². The van der Waals surface area contributed by atoms with E-state index in [1.54, 1.807) is 6.20 Å². The molecular weight excluding hydrogens is 336 g/mol. The summed E-state index contributed by atoms with van der Waals surface area (Å²) in [6.07, 6.45) is 9.28. The number of rotatable bonds is 4. The summed E-state index contributed by atoms with van der Waals surface area (Å²) in [5.74, 6) is -0.152. The van der Waals surface area contributed by atoms with Gasteiger partial charge in [0.2, 0.25) is 0 Å². The molecule has 142 valence electrons. The second-order valence-corrected chi connectivity index (χ2v) is 7.50. The summed E-state index contributed by atoms with van der Waals surface area (Å²) in [5, 5.41) is 2.98. The number of benzene rings is 1. The number of hydrogen-bond donors (Lipinski definition) is 1. The Hall–Kier alpha value is -2.56. The molecular formula is C22H28N4O. The molecule has 0 spiro atoms. The zero-order chi connectivity index (χ0) is 18.5. The Kier molecular flexibility index (Phi) is 5.56. The lowest BCUT2D eigenvalue weighted by atomic mass is 10.2. The fourth-order valence-electron chi connectivity index (χ4n) is 4.00. The van der Waals surface area contributed by atoms with Crippen molar-refractivity contribution in [3.63, 3.8) is 0 Å². The van der Waals surface area contributed by atoms with Crippen LogP contribution in [0.3, 0.4) is 0 Å². The summed E-state index contributed by atoms with van der Waals surface area (Å²) < 4.78 is 0. The molecule has 2 aliphatic heterocycles. The molecule has 5 heteroatoms. The monoisotopic (exact) mass is 364 g/mol. The normalized spacial score (nSPS) is 17.6. The Bertz CT molecular complexity index is 760. The highest BCUT2D eigenvalue weighted by Gasteiger charge is 2.15. The van der Waals surface area contributed by atoms with Gasteiger partial charge in [-0.05, 0) is 62.1 Å². The number of nitrogens with zero attached hydrogens (tertiary/aromatic N) is 3. The summed E-state index contributed by atoms with van der Waals surface area (Å²) in [7, 11) is 0. The highest BCUT2D eigenvalue weighted by Crippen LogP contribution is 2.23. The molecule has 2 aliphatic rings. The second-order valence-electron chi connectivity index (χ2n) is 7.50. The van der Waals surface area contributed by atoms with Crippen molar-refractivity contribution in [2.45, 2.75) is 38.5 Å². The van der Waals surface area contributed by atoms with Gasteiger partial charge in [0.05, 0.1) is 0 Å². The van der Waals surface area contributed by atoms with E-state index in [4.69, 9.17) is 0 Å². The Labute approximate surface area is 161 Å². The van der Waals surface area contributed by atoms with Crippen LogP contribution in [0.15, 0.2) is 42.6 Å². The first-order valence-corrected chi connectivity index (χ1v) is 10.2. The van der Waals surface area contributed by atoms with Crippen LogP contribution in [-0.4, -0.2) is 37.1 Å². The van der Waals surface area contributed by atoms with Crippen LogP contribution >= 0.6 is 0 Å². The quantitative estimate of drug-likeness (QED) is 0.878. The number of amides is 1. The Morgan fingerprint density at radius 1 is 0.778 bits per heavy atom. The molecule has 3 heterocycles. The van der Waals surface area contributed by atoms with Gasteiger partial charge >= 0.3 is 0 Å². The van der Waals surface area contributed by atoms with E-state index < -0.39 is 0 Å². The third-order valence-corrected chi connectivity index (χ3v) is 5.54. The molecule has 2 fully saturated rings. The highest BCUT2D eigenvalue weighted by atomic mass is 16.1. The average Bonchev–Trinajstić information content (AvgIpc) is 3.11. The van der Waals surface area contributed by atoms with Crippen molar-refractivity contribution in [3.8, 4) is 0 Å². The summed E-state index contributed by atoms with van der Waals surface area (Å²) in [4.78, 5) is 21.7. The van der Waals surface area contributed by atoms with Gasteiger partial charge in [-0.2, -0.15) is 0 Å². The largest absolute Gasteiger partial charge is 0.372 e. The SMILES string of the molecule is O=C(Nc1ccc(N2CCCC2)cc1)c1cc(N2CCCCCC2)ccn1. The number of carbonyl (C=O) groups excluding carboxylic acids is 1. The van der Waals surface area contributed by atoms with Gasteiger partial charge in [0.15, 0.2) is 0 Å².